The van der Waals surface area contributed by atoms with E-state index in [2.05, 4.69) is 25.2 Å². The van der Waals surface area contributed by atoms with Crippen molar-refractivity contribution in [1.82, 2.24) is 20.3 Å². The number of nitrogen functional groups attached to an aromatic ring is 1. The van der Waals surface area contributed by atoms with E-state index in [0.717, 1.165) is 11.2 Å². The molecule has 0 aromatic carbocycles. The zero-order chi connectivity index (χ0) is 18.0. The van der Waals surface area contributed by atoms with E-state index in [1.165, 1.54) is 0 Å². The van der Waals surface area contributed by atoms with Crippen LogP contribution in [0.5, 0.6) is 0 Å². The predicted molar refractivity (Wildman–Crippen MR) is 94.5 cm³/mol. The smallest absolute Gasteiger partial charge is 0.407 e. The number of rotatable bonds is 3. The molecule has 0 bridgehead atoms. The standard InChI is InChI=1S/C16H24N6O3/c1-16(2,3)25-15(23)19-8-10-9-22(6-7-24-10)13-11-4-5-18-12(11)20-14(17)21-13/h4-5,10H,6-9H2,1-3H3,(H,19,23)(H3,17,18,20,21). The topological polar surface area (TPSA) is 118 Å². The number of fused-ring (bicyclic) bond motifs is 1. The lowest BCUT2D eigenvalue weighted by Crippen LogP contribution is -2.48. The molecular formula is C16H24N6O3. The van der Waals surface area contributed by atoms with Crippen molar-refractivity contribution in [1.29, 1.82) is 0 Å². The Morgan fingerprint density at radius 2 is 2.32 bits per heavy atom. The summed E-state index contributed by atoms with van der Waals surface area (Å²) in [5, 5.41) is 3.66. The molecule has 25 heavy (non-hydrogen) atoms. The van der Waals surface area contributed by atoms with Crippen molar-refractivity contribution in [2.24, 2.45) is 0 Å². The Hall–Kier alpha value is -2.55. The van der Waals surface area contributed by atoms with Gasteiger partial charge >= 0.3 is 6.09 Å². The van der Waals surface area contributed by atoms with Crippen molar-refractivity contribution in [2.45, 2.75) is 32.5 Å². The molecule has 1 aliphatic rings. The molecule has 0 aliphatic carbocycles. The number of alkyl carbamates (subject to hydrolysis) is 1. The number of aromatic amines is 1. The minimum absolute atomic E-state index is 0.161. The molecule has 9 nitrogen and oxygen atoms in total. The summed E-state index contributed by atoms with van der Waals surface area (Å²) in [6.07, 6.45) is 1.20. The number of morpholine rings is 1. The molecule has 2 aromatic rings. The predicted octanol–water partition coefficient (Wildman–Crippen LogP) is 1.27. The van der Waals surface area contributed by atoms with Gasteiger partial charge in [-0.1, -0.05) is 0 Å². The van der Waals surface area contributed by atoms with Gasteiger partial charge < -0.3 is 30.4 Å². The molecule has 0 saturated carbocycles. The molecule has 1 saturated heterocycles. The maximum absolute atomic E-state index is 11.8. The van der Waals surface area contributed by atoms with E-state index in [-0.39, 0.29) is 12.1 Å². The molecule has 1 aliphatic heterocycles. The molecule has 1 unspecified atom stereocenters. The van der Waals surface area contributed by atoms with Gasteiger partial charge in [0.2, 0.25) is 5.95 Å². The number of ether oxygens (including phenoxy) is 2. The van der Waals surface area contributed by atoms with Gasteiger partial charge in [-0.15, -0.1) is 0 Å². The largest absolute Gasteiger partial charge is 0.444 e. The highest BCUT2D eigenvalue weighted by Gasteiger charge is 2.25. The van der Waals surface area contributed by atoms with Crippen molar-refractivity contribution >= 4 is 28.9 Å². The molecule has 136 valence electrons. The third-order valence-electron chi connectivity index (χ3n) is 3.72. The maximum Gasteiger partial charge on any atom is 0.407 e. The summed E-state index contributed by atoms with van der Waals surface area (Å²) in [5.41, 5.74) is 5.99. The van der Waals surface area contributed by atoms with Gasteiger partial charge in [0.1, 0.15) is 17.1 Å². The highest BCUT2D eigenvalue weighted by molar-refractivity contribution is 5.88. The third kappa shape index (κ3) is 4.30. The van der Waals surface area contributed by atoms with Crippen molar-refractivity contribution in [3.05, 3.63) is 12.3 Å². The zero-order valence-corrected chi connectivity index (χ0v) is 14.7. The summed E-state index contributed by atoms with van der Waals surface area (Å²) in [6.45, 7) is 7.66. The molecule has 1 atom stereocenters. The number of hydrogen-bond acceptors (Lipinski definition) is 7. The lowest BCUT2D eigenvalue weighted by Gasteiger charge is -2.34. The number of nitrogens with zero attached hydrogens (tertiary/aromatic N) is 3. The average molecular weight is 348 g/mol. The maximum atomic E-state index is 11.8. The van der Waals surface area contributed by atoms with Crippen LogP contribution in [0.1, 0.15) is 20.8 Å². The molecule has 4 N–H and O–H groups in total. The van der Waals surface area contributed by atoms with Crippen LogP contribution in [0.4, 0.5) is 16.6 Å². The van der Waals surface area contributed by atoms with Gasteiger partial charge in [-0.2, -0.15) is 9.97 Å². The molecular weight excluding hydrogens is 324 g/mol. The molecule has 3 rings (SSSR count). The summed E-state index contributed by atoms with van der Waals surface area (Å²) in [7, 11) is 0. The first kappa shape index (κ1) is 17.3. The quantitative estimate of drug-likeness (QED) is 0.764. The Morgan fingerprint density at radius 1 is 1.52 bits per heavy atom. The van der Waals surface area contributed by atoms with E-state index in [1.54, 1.807) is 0 Å². The summed E-state index contributed by atoms with van der Waals surface area (Å²) in [4.78, 5) is 25.5. The van der Waals surface area contributed by atoms with Gasteiger partial charge in [0, 0.05) is 25.8 Å². The fourth-order valence-electron chi connectivity index (χ4n) is 2.73. The van der Waals surface area contributed by atoms with Crippen molar-refractivity contribution < 1.29 is 14.3 Å². The Labute approximate surface area is 145 Å². The number of anilines is 2. The molecule has 0 radical (unpaired) electrons. The van der Waals surface area contributed by atoms with E-state index in [4.69, 9.17) is 15.2 Å². The van der Waals surface area contributed by atoms with Crippen LogP contribution in [-0.4, -0.2) is 59.0 Å². The van der Waals surface area contributed by atoms with Crippen molar-refractivity contribution in [3.63, 3.8) is 0 Å². The van der Waals surface area contributed by atoms with Gasteiger partial charge in [0.05, 0.1) is 18.1 Å². The van der Waals surface area contributed by atoms with E-state index < -0.39 is 11.7 Å². The monoisotopic (exact) mass is 348 g/mol. The minimum Gasteiger partial charge on any atom is -0.444 e. The van der Waals surface area contributed by atoms with Crippen LogP contribution in [0, 0.1) is 0 Å². The number of amides is 1. The van der Waals surface area contributed by atoms with Crippen LogP contribution in [0.15, 0.2) is 12.3 Å². The van der Waals surface area contributed by atoms with Crippen molar-refractivity contribution in [2.75, 3.05) is 36.9 Å². The fourth-order valence-corrected chi connectivity index (χ4v) is 2.73. The summed E-state index contributed by atoms with van der Waals surface area (Å²) in [6, 6.07) is 1.92. The minimum atomic E-state index is -0.526. The SMILES string of the molecule is CC(C)(C)OC(=O)NCC1CN(c2nc(N)nc3[nH]ccc23)CCO1. The number of carbonyl (C=O) groups is 1. The summed E-state index contributed by atoms with van der Waals surface area (Å²) >= 11 is 0. The third-order valence-corrected chi connectivity index (χ3v) is 3.72. The Kier molecular flexibility index (Phi) is 4.67. The summed E-state index contributed by atoms with van der Waals surface area (Å²) in [5.74, 6) is 0.995. The Morgan fingerprint density at radius 3 is 3.08 bits per heavy atom. The second kappa shape index (κ2) is 6.75. The van der Waals surface area contributed by atoms with Gasteiger partial charge in [-0.05, 0) is 26.8 Å². The van der Waals surface area contributed by atoms with Crippen LogP contribution in [0.2, 0.25) is 0 Å². The molecule has 3 heterocycles. The van der Waals surface area contributed by atoms with Crippen LogP contribution in [-0.2, 0) is 9.47 Å². The number of nitrogens with one attached hydrogen (secondary N) is 2. The number of hydrogen-bond donors (Lipinski definition) is 3. The molecule has 9 heteroatoms. The molecule has 2 aromatic heterocycles. The zero-order valence-electron chi connectivity index (χ0n) is 14.7. The number of nitrogens with two attached hydrogens (primary N) is 1. The molecule has 1 amide bonds. The average Bonchev–Trinajstić information content (AvgIpc) is 2.99. The van der Waals surface area contributed by atoms with Gasteiger partial charge in [-0.25, -0.2) is 4.79 Å². The number of aromatic nitrogens is 3. The number of carbonyl (C=O) groups excluding carboxylic acids is 1. The highest BCUT2D eigenvalue weighted by atomic mass is 16.6. The van der Waals surface area contributed by atoms with Crippen LogP contribution in [0.25, 0.3) is 11.0 Å². The first-order valence-corrected chi connectivity index (χ1v) is 8.26. The van der Waals surface area contributed by atoms with Crippen LogP contribution < -0.4 is 16.0 Å². The van der Waals surface area contributed by atoms with Gasteiger partial charge in [0.25, 0.3) is 0 Å². The van der Waals surface area contributed by atoms with Crippen molar-refractivity contribution in [3.8, 4) is 0 Å². The highest BCUT2D eigenvalue weighted by Crippen LogP contribution is 2.25. The fraction of sp³-hybridized carbons (Fsp3) is 0.562. The second-order valence-electron chi connectivity index (χ2n) is 6.97. The Bertz CT molecular complexity index is 754. The normalized spacial score (nSPS) is 18.4. The Balaban J connectivity index is 1.65. The summed E-state index contributed by atoms with van der Waals surface area (Å²) < 4.78 is 11.0. The number of H-pyrrole nitrogens is 1. The molecule has 0 spiro atoms. The first-order chi connectivity index (χ1) is 11.8. The first-order valence-electron chi connectivity index (χ1n) is 8.26. The van der Waals surface area contributed by atoms with Gasteiger partial charge in [0.15, 0.2) is 0 Å². The van der Waals surface area contributed by atoms with E-state index in [9.17, 15) is 4.79 Å². The van der Waals surface area contributed by atoms with Gasteiger partial charge in [-0.3, -0.25) is 0 Å². The lowest BCUT2D eigenvalue weighted by atomic mass is 10.2. The van der Waals surface area contributed by atoms with E-state index in [1.807, 2.05) is 33.0 Å². The van der Waals surface area contributed by atoms with E-state index >= 15 is 0 Å². The van der Waals surface area contributed by atoms with Crippen LogP contribution >= 0.6 is 0 Å². The van der Waals surface area contributed by atoms with E-state index in [0.29, 0.717) is 31.9 Å². The van der Waals surface area contributed by atoms with Crippen LogP contribution in [0.3, 0.4) is 0 Å². The molecule has 1 fully saturated rings. The second-order valence-corrected chi connectivity index (χ2v) is 6.97. The lowest BCUT2D eigenvalue weighted by molar-refractivity contribution is 0.0282.